The number of aromatic nitrogens is 2. The zero-order valence-corrected chi connectivity index (χ0v) is 8.30. The van der Waals surface area contributed by atoms with Crippen LogP contribution in [0.3, 0.4) is 0 Å². The fourth-order valence-electron chi connectivity index (χ4n) is 0.872. The van der Waals surface area contributed by atoms with Crippen molar-refractivity contribution in [3.8, 4) is 0 Å². The van der Waals surface area contributed by atoms with Crippen molar-refractivity contribution in [3.05, 3.63) is 12.0 Å². The van der Waals surface area contributed by atoms with Gasteiger partial charge in [0.15, 0.2) is 9.84 Å². The molecule has 72 valence electrons. The highest BCUT2D eigenvalue weighted by Gasteiger charge is 2.16. The lowest BCUT2D eigenvalue weighted by atomic mass is 10.5. The smallest absolute Gasteiger partial charge is 0.183 e. The van der Waals surface area contributed by atoms with Gasteiger partial charge < -0.3 is 5.73 Å². The van der Waals surface area contributed by atoms with E-state index in [9.17, 15) is 8.42 Å². The molecule has 5 nitrogen and oxygen atoms in total. The third kappa shape index (κ3) is 1.95. The van der Waals surface area contributed by atoms with Crippen molar-refractivity contribution in [2.24, 2.45) is 0 Å². The largest absolute Gasteiger partial charge is 0.383 e. The van der Waals surface area contributed by atoms with Gasteiger partial charge in [-0.1, -0.05) is 6.92 Å². The Morgan fingerprint density at radius 2 is 2.15 bits per heavy atom. The first-order valence-corrected chi connectivity index (χ1v) is 5.44. The number of hydrogen-bond donors (Lipinski definition) is 1. The van der Waals surface area contributed by atoms with Crippen molar-refractivity contribution in [2.45, 2.75) is 18.7 Å². The lowest BCUT2D eigenvalue weighted by Gasteiger charge is -2.03. The Balaban J connectivity index is 3.33. The molecule has 0 radical (unpaired) electrons. The first kappa shape index (κ1) is 9.91. The second-order valence-electron chi connectivity index (χ2n) is 2.57. The number of nitrogen functional groups attached to an aromatic ring is 1. The summed E-state index contributed by atoms with van der Waals surface area (Å²) in [4.78, 5) is 7.57. The molecule has 0 aliphatic rings. The van der Waals surface area contributed by atoms with Gasteiger partial charge in [-0.15, -0.1) is 0 Å². The Morgan fingerprint density at radius 3 is 2.62 bits per heavy atom. The topological polar surface area (TPSA) is 85.9 Å². The Morgan fingerprint density at radius 1 is 1.54 bits per heavy atom. The molecule has 0 bridgehead atoms. The summed E-state index contributed by atoms with van der Waals surface area (Å²) in [6.45, 7) is 3.20. The molecule has 0 fully saturated rings. The van der Waals surface area contributed by atoms with Crippen molar-refractivity contribution in [2.75, 3.05) is 11.5 Å². The highest BCUT2D eigenvalue weighted by Crippen LogP contribution is 2.15. The minimum Gasteiger partial charge on any atom is -0.383 e. The summed E-state index contributed by atoms with van der Waals surface area (Å²) in [6.07, 6.45) is 1.25. The number of rotatable bonds is 2. The van der Waals surface area contributed by atoms with Crippen LogP contribution < -0.4 is 5.73 Å². The molecule has 1 rings (SSSR count). The molecule has 0 aliphatic carbocycles. The SMILES string of the molecule is CCS(=O)(=O)c1cnc(C)nc1N. The molecule has 1 aromatic heterocycles. The maximum atomic E-state index is 11.4. The molecule has 0 amide bonds. The average molecular weight is 201 g/mol. The monoisotopic (exact) mass is 201 g/mol. The zero-order valence-electron chi connectivity index (χ0n) is 7.48. The number of hydrogen-bond acceptors (Lipinski definition) is 5. The Labute approximate surface area is 76.9 Å². The maximum Gasteiger partial charge on any atom is 0.183 e. The van der Waals surface area contributed by atoms with Crippen LogP contribution in [0.25, 0.3) is 0 Å². The third-order valence-electron chi connectivity index (χ3n) is 1.62. The van der Waals surface area contributed by atoms with Gasteiger partial charge in [-0.05, 0) is 6.92 Å². The van der Waals surface area contributed by atoms with Gasteiger partial charge in [0, 0.05) is 0 Å². The number of sulfone groups is 1. The van der Waals surface area contributed by atoms with Gasteiger partial charge in [-0.25, -0.2) is 18.4 Å². The molecule has 0 atom stereocenters. The predicted octanol–water partition coefficient (Wildman–Crippen LogP) is 0.161. The van der Waals surface area contributed by atoms with E-state index >= 15 is 0 Å². The Kier molecular flexibility index (Phi) is 2.51. The van der Waals surface area contributed by atoms with Crippen LogP contribution in [0.5, 0.6) is 0 Å². The van der Waals surface area contributed by atoms with E-state index in [2.05, 4.69) is 9.97 Å². The van der Waals surface area contributed by atoms with Crippen LogP contribution in [0.4, 0.5) is 5.82 Å². The summed E-state index contributed by atoms with van der Waals surface area (Å²) in [5.41, 5.74) is 5.45. The Bertz CT molecular complexity index is 414. The summed E-state index contributed by atoms with van der Waals surface area (Å²) in [6, 6.07) is 0. The summed E-state index contributed by atoms with van der Waals surface area (Å²) < 4.78 is 22.7. The van der Waals surface area contributed by atoms with Crippen molar-refractivity contribution in [3.63, 3.8) is 0 Å². The molecule has 2 N–H and O–H groups in total. The molecule has 1 aromatic rings. The van der Waals surface area contributed by atoms with Gasteiger partial charge in [0.1, 0.15) is 16.5 Å². The second kappa shape index (κ2) is 3.29. The highest BCUT2D eigenvalue weighted by atomic mass is 32.2. The standard InChI is InChI=1S/C7H11N3O2S/c1-3-13(11,12)6-4-9-5(2)10-7(6)8/h4H,3H2,1-2H3,(H2,8,9,10). The van der Waals surface area contributed by atoms with Crippen molar-refractivity contribution >= 4 is 15.7 Å². The van der Waals surface area contributed by atoms with Crippen molar-refractivity contribution in [1.29, 1.82) is 0 Å². The lowest BCUT2D eigenvalue weighted by Crippen LogP contribution is -2.10. The quantitative estimate of drug-likeness (QED) is 0.736. The summed E-state index contributed by atoms with van der Waals surface area (Å²) in [5, 5.41) is 0. The van der Waals surface area contributed by atoms with E-state index in [0.717, 1.165) is 0 Å². The molecule has 0 saturated heterocycles. The van der Waals surface area contributed by atoms with E-state index in [0.29, 0.717) is 5.82 Å². The molecular weight excluding hydrogens is 190 g/mol. The van der Waals surface area contributed by atoms with Crippen LogP contribution >= 0.6 is 0 Å². The van der Waals surface area contributed by atoms with Crippen LogP contribution in [0, 0.1) is 6.92 Å². The van der Waals surface area contributed by atoms with Crippen molar-refractivity contribution in [1.82, 2.24) is 9.97 Å². The maximum absolute atomic E-state index is 11.4. The van der Waals surface area contributed by atoms with Gasteiger partial charge in [-0.2, -0.15) is 0 Å². The van der Waals surface area contributed by atoms with Crippen molar-refractivity contribution < 1.29 is 8.42 Å². The first-order valence-electron chi connectivity index (χ1n) is 3.79. The first-order chi connectivity index (χ1) is 5.97. The molecule has 0 saturated carbocycles. The van der Waals surface area contributed by atoms with Gasteiger partial charge in [0.2, 0.25) is 0 Å². The third-order valence-corrected chi connectivity index (χ3v) is 3.36. The second-order valence-corrected chi connectivity index (χ2v) is 4.82. The molecule has 0 unspecified atom stereocenters. The minimum atomic E-state index is -3.30. The van der Waals surface area contributed by atoms with E-state index in [1.165, 1.54) is 6.20 Å². The zero-order chi connectivity index (χ0) is 10.1. The summed E-state index contributed by atoms with van der Waals surface area (Å²) in [7, 11) is -3.30. The predicted molar refractivity (Wildman–Crippen MR) is 48.9 cm³/mol. The molecule has 0 spiro atoms. The normalized spacial score (nSPS) is 11.5. The summed E-state index contributed by atoms with van der Waals surface area (Å²) >= 11 is 0. The van der Waals surface area contributed by atoms with Gasteiger partial charge in [-0.3, -0.25) is 0 Å². The van der Waals surface area contributed by atoms with E-state index < -0.39 is 9.84 Å². The highest BCUT2D eigenvalue weighted by molar-refractivity contribution is 7.91. The molecule has 6 heteroatoms. The van der Waals surface area contributed by atoms with E-state index in [1.807, 2.05) is 0 Å². The van der Waals surface area contributed by atoms with E-state index in [1.54, 1.807) is 13.8 Å². The molecule has 0 aliphatic heterocycles. The number of nitrogens with two attached hydrogens (primary N) is 1. The van der Waals surface area contributed by atoms with Gasteiger partial charge >= 0.3 is 0 Å². The lowest BCUT2D eigenvalue weighted by molar-refractivity contribution is 0.596. The minimum absolute atomic E-state index is 0.00359. The van der Waals surface area contributed by atoms with Crippen LogP contribution in [-0.2, 0) is 9.84 Å². The fourth-order valence-corrected chi connectivity index (χ4v) is 1.76. The average Bonchev–Trinajstić information content (AvgIpc) is 2.03. The fraction of sp³-hybridized carbons (Fsp3) is 0.429. The van der Waals surface area contributed by atoms with Crippen LogP contribution in [0.15, 0.2) is 11.1 Å². The van der Waals surface area contributed by atoms with E-state index in [-0.39, 0.29) is 16.5 Å². The van der Waals surface area contributed by atoms with Crippen LogP contribution in [0.1, 0.15) is 12.7 Å². The van der Waals surface area contributed by atoms with Gasteiger partial charge in [0.25, 0.3) is 0 Å². The molecule has 0 aromatic carbocycles. The molecule has 13 heavy (non-hydrogen) atoms. The number of aryl methyl sites for hydroxylation is 1. The van der Waals surface area contributed by atoms with Crippen LogP contribution in [-0.4, -0.2) is 24.1 Å². The van der Waals surface area contributed by atoms with E-state index in [4.69, 9.17) is 5.73 Å². The molecule has 1 heterocycles. The molecular formula is C7H11N3O2S. The summed E-state index contributed by atoms with van der Waals surface area (Å²) in [5.74, 6) is 0.491. The van der Waals surface area contributed by atoms with Gasteiger partial charge in [0.05, 0.1) is 11.9 Å². The number of nitrogens with zero attached hydrogens (tertiary/aromatic N) is 2. The van der Waals surface area contributed by atoms with Crippen LogP contribution in [0.2, 0.25) is 0 Å². The number of anilines is 1. The Hall–Kier alpha value is -1.17.